The fourth-order valence-corrected chi connectivity index (χ4v) is 5.10. The Morgan fingerprint density at radius 1 is 1.21 bits per heavy atom. The Kier molecular flexibility index (Phi) is 5.50. The number of nitrogens with one attached hydrogen (secondary N) is 1. The molecule has 2 atom stereocenters. The first kappa shape index (κ1) is 20.5. The van der Waals surface area contributed by atoms with E-state index in [2.05, 4.69) is 15.0 Å². The number of piperidine rings is 1. The molecule has 3 aliphatic rings. The van der Waals surface area contributed by atoms with Crippen molar-refractivity contribution < 1.29 is 27.8 Å². The average molecular weight is 412 g/mol. The van der Waals surface area contributed by atoms with Crippen molar-refractivity contribution in [2.75, 3.05) is 26.2 Å². The molecule has 0 bridgehead atoms. The van der Waals surface area contributed by atoms with E-state index in [1.165, 1.54) is 24.6 Å². The zero-order valence-electron chi connectivity index (χ0n) is 16.3. The molecule has 1 aromatic rings. The van der Waals surface area contributed by atoms with Gasteiger partial charge in [-0.1, -0.05) is 25.3 Å². The number of amides is 1. The average Bonchev–Trinajstić information content (AvgIpc) is 3.10. The summed E-state index contributed by atoms with van der Waals surface area (Å²) < 4.78 is 40.9. The molecule has 29 heavy (non-hydrogen) atoms. The van der Waals surface area contributed by atoms with Crippen LogP contribution in [0.5, 0.6) is 5.75 Å². The third kappa shape index (κ3) is 5.04. The summed E-state index contributed by atoms with van der Waals surface area (Å²) in [4.78, 5) is 14.6. The van der Waals surface area contributed by atoms with E-state index >= 15 is 0 Å². The van der Waals surface area contributed by atoms with E-state index in [9.17, 15) is 23.1 Å². The highest BCUT2D eigenvalue weighted by molar-refractivity contribution is 5.94. The molecule has 5 nitrogen and oxygen atoms in total. The molecule has 1 heterocycles. The number of alkyl halides is 3. The van der Waals surface area contributed by atoms with Crippen LogP contribution in [-0.4, -0.2) is 54.1 Å². The van der Waals surface area contributed by atoms with E-state index in [0.717, 1.165) is 51.4 Å². The number of hydrogen-bond acceptors (Lipinski definition) is 4. The third-order valence-corrected chi connectivity index (χ3v) is 6.58. The summed E-state index contributed by atoms with van der Waals surface area (Å²) in [5.41, 5.74) is -0.388. The maximum Gasteiger partial charge on any atom is 0.573 e. The summed E-state index contributed by atoms with van der Waals surface area (Å²) in [6, 6.07) is 5.11. The normalized spacial score (nSPS) is 28.6. The predicted molar refractivity (Wildman–Crippen MR) is 100 cm³/mol. The van der Waals surface area contributed by atoms with Crippen LogP contribution in [0, 0.1) is 17.8 Å². The third-order valence-electron chi connectivity index (χ3n) is 6.58. The number of aliphatic hydroxyl groups is 1. The van der Waals surface area contributed by atoms with E-state index in [-0.39, 0.29) is 5.56 Å². The van der Waals surface area contributed by atoms with Gasteiger partial charge in [-0.25, -0.2) is 0 Å². The van der Waals surface area contributed by atoms with Gasteiger partial charge in [0.2, 0.25) is 0 Å². The van der Waals surface area contributed by atoms with Crippen molar-refractivity contribution in [1.29, 1.82) is 0 Å². The van der Waals surface area contributed by atoms with Crippen molar-refractivity contribution in [3.8, 4) is 5.75 Å². The number of hydrogen-bond donors (Lipinski definition) is 2. The second kappa shape index (κ2) is 7.80. The van der Waals surface area contributed by atoms with Crippen molar-refractivity contribution >= 4 is 5.91 Å². The summed E-state index contributed by atoms with van der Waals surface area (Å²) in [7, 11) is 0. The molecular formula is C21H27F3N2O3. The number of β-amino-alcohol motifs (C(OH)–C–C–N with tert-alkyl or cyclic N) is 1. The number of benzene rings is 1. The smallest absolute Gasteiger partial charge is 0.406 e. The molecule has 1 saturated heterocycles. The Labute approximate surface area is 168 Å². The minimum atomic E-state index is -4.78. The first-order valence-corrected chi connectivity index (χ1v) is 10.3. The van der Waals surface area contributed by atoms with Crippen LogP contribution >= 0.6 is 0 Å². The zero-order valence-corrected chi connectivity index (χ0v) is 16.3. The first-order chi connectivity index (χ1) is 13.7. The Hall–Kier alpha value is -1.80. The van der Waals surface area contributed by atoms with Gasteiger partial charge in [0.25, 0.3) is 5.91 Å². The molecule has 2 unspecified atom stereocenters. The number of carbonyl (C=O) groups is 1. The van der Waals surface area contributed by atoms with Gasteiger partial charge >= 0.3 is 6.36 Å². The largest absolute Gasteiger partial charge is 0.573 e. The molecule has 2 N–H and O–H groups in total. The Morgan fingerprint density at radius 3 is 2.55 bits per heavy atom. The molecule has 3 fully saturated rings. The van der Waals surface area contributed by atoms with Gasteiger partial charge in [0.05, 0.1) is 5.60 Å². The van der Waals surface area contributed by atoms with Crippen LogP contribution < -0.4 is 10.1 Å². The fraction of sp³-hybridized carbons (Fsp3) is 0.667. The Balaban J connectivity index is 1.22. The lowest BCUT2D eigenvalue weighted by molar-refractivity contribution is -0.274. The van der Waals surface area contributed by atoms with Crippen LogP contribution in [0.2, 0.25) is 0 Å². The summed E-state index contributed by atoms with van der Waals surface area (Å²) in [5, 5.41) is 13.6. The van der Waals surface area contributed by atoms with Gasteiger partial charge in [0.15, 0.2) is 0 Å². The van der Waals surface area contributed by atoms with Gasteiger partial charge in [-0.15, -0.1) is 13.2 Å². The summed E-state index contributed by atoms with van der Waals surface area (Å²) in [6.45, 7) is 3.16. The molecule has 2 saturated carbocycles. The van der Waals surface area contributed by atoms with Crippen molar-refractivity contribution in [1.82, 2.24) is 10.2 Å². The number of nitrogens with zero attached hydrogens (tertiary/aromatic N) is 1. The Morgan fingerprint density at radius 2 is 1.90 bits per heavy atom. The van der Waals surface area contributed by atoms with Crippen LogP contribution in [0.1, 0.15) is 42.5 Å². The number of ether oxygens (including phenoxy) is 1. The van der Waals surface area contributed by atoms with Gasteiger partial charge in [0.1, 0.15) is 5.75 Å². The number of rotatable bonds is 6. The number of fused-ring (bicyclic) bond motifs is 1. The molecule has 1 amide bonds. The van der Waals surface area contributed by atoms with Gasteiger partial charge in [-0.2, -0.15) is 0 Å². The molecule has 4 rings (SSSR count). The van der Waals surface area contributed by atoms with Gasteiger partial charge in [0, 0.05) is 31.7 Å². The monoisotopic (exact) mass is 412 g/mol. The molecule has 0 spiro atoms. The maximum atomic E-state index is 12.3. The molecular weight excluding hydrogens is 385 g/mol. The molecule has 1 aliphatic heterocycles. The summed E-state index contributed by atoms with van der Waals surface area (Å²) in [6.07, 6.45) is 0.394. The van der Waals surface area contributed by atoms with Crippen LogP contribution in [0.4, 0.5) is 13.2 Å². The summed E-state index contributed by atoms with van der Waals surface area (Å²) in [5.74, 6) is 0.677. The lowest BCUT2D eigenvalue weighted by Gasteiger charge is -2.36. The van der Waals surface area contributed by atoms with E-state index in [1.54, 1.807) is 0 Å². The molecule has 160 valence electrons. The number of carbonyl (C=O) groups excluding carboxylic acids is 1. The van der Waals surface area contributed by atoms with E-state index in [0.29, 0.717) is 24.3 Å². The molecule has 2 aliphatic carbocycles. The fourth-order valence-electron chi connectivity index (χ4n) is 5.10. The Bertz CT molecular complexity index is 737. The highest BCUT2D eigenvalue weighted by Gasteiger charge is 2.55. The van der Waals surface area contributed by atoms with Crippen molar-refractivity contribution in [3.63, 3.8) is 0 Å². The molecule has 0 radical (unpaired) electrons. The second-order valence-electron chi connectivity index (χ2n) is 8.76. The van der Waals surface area contributed by atoms with Crippen LogP contribution in [0.25, 0.3) is 0 Å². The lowest BCUT2D eigenvalue weighted by Crippen LogP contribution is -2.44. The lowest BCUT2D eigenvalue weighted by atomic mass is 9.84. The molecule has 0 aromatic heterocycles. The minimum absolute atomic E-state index is 0.152. The molecule has 1 aromatic carbocycles. The standard InChI is InChI=1S/C21H27F3N2O3/c22-21(23,24)29-15-6-4-5-14(9-15)19(27)25-10-16-17-11-26(12-18(16)17)13-20(28)7-2-1-3-8-20/h4-6,9,16-18,28H,1-3,7-8,10-13H2,(H,25,27). The topological polar surface area (TPSA) is 61.8 Å². The van der Waals surface area contributed by atoms with E-state index in [1.807, 2.05) is 0 Å². The zero-order chi connectivity index (χ0) is 20.6. The highest BCUT2D eigenvalue weighted by Crippen LogP contribution is 2.51. The second-order valence-corrected chi connectivity index (χ2v) is 8.76. The molecule has 8 heteroatoms. The van der Waals surface area contributed by atoms with Crippen LogP contribution in [0.15, 0.2) is 24.3 Å². The van der Waals surface area contributed by atoms with E-state index in [4.69, 9.17) is 0 Å². The number of likely N-dealkylation sites (tertiary alicyclic amines) is 1. The van der Waals surface area contributed by atoms with Crippen molar-refractivity contribution in [2.24, 2.45) is 17.8 Å². The van der Waals surface area contributed by atoms with Gasteiger partial charge in [-0.05, 0) is 48.8 Å². The van der Waals surface area contributed by atoms with Crippen molar-refractivity contribution in [2.45, 2.75) is 44.1 Å². The van der Waals surface area contributed by atoms with Crippen LogP contribution in [0.3, 0.4) is 0 Å². The predicted octanol–water partition coefficient (Wildman–Crippen LogP) is 3.19. The highest BCUT2D eigenvalue weighted by atomic mass is 19.4. The maximum absolute atomic E-state index is 12.3. The van der Waals surface area contributed by atoms with Gasteiger partial charge < -0.3 is 15.2 Å². The number of halogens is 3. The SMILES string of the molecule is O=C(NCC1C2CN(CC3(O)CCCCC3)CC12)c1cccc(OC(F)(F)F)c1. The quantitative estimate of drug-likeness (QED) is 0.754. The minimum Gasteiger partial charge on any atom is -0.406 e. The van der Waals surface area contributed by atoms with Crippen LogP contribution in [-0.2, 0) is 0 Å². The summed E-state index contributed by atoms with van der Waals surface area (Å²) >= 11 is 0. The van der Waals surface area contributed by atoms with Crippen molar-refractivity contribution in [3.05, 3.63) is 29.8 Å². The van der Waals surface area contributed by atoms with E-state index < -0.39 is 23.6 Å². The van der Waals surface area contributed by atoms with Gasteiger partial charge in [-0.3, -0.25) is 9.69 Å². The first-order valence-electron chi connectivity index (χ1n) is 10.3.